The molecule has 0 saturated heterocycles. The van der Waals surface area contributed by atoms with Gasteiger partial charge in [0.2, 0.25) is 5.91 Å². The number of carbonyl (C=O) groups is 3. The summed E-state index contributed by atoms with van der Waals surface area (Å²) in [5.74, 6) is -1.18. The van der Waals surface area contributed by atoms with Gasteiger partial charge in [-0.15, -0.1) is 0 Å². The lowest BCUT2D eigenvalue weighted by Gasteiger charge is -2.27. The molecule has 0 aromatic rings. The van der Waals surface area contributed by atoms with Gasteiger partial charge in [0.15, 0.2) is 5.78 Å². The van der Waals surface area contributed by atoms with Gasteiger partial charge in [-0.3, -0.25) is 19.3 Å². The maximum atomic E-state index is 12.0. The number of amides is 1. The topological polar surface area (TPSA) is 86.7 Å². The maximum absolute atomic E-state index is 12.0. The Morgan fingerprint density at radius 3 is 2.10 bits per heavy atom. The van der Waals surface area contributed by atoms with Crippen LogP contribution in [0.25, 0.3) is 0 Å². The number of rotatable bonds is 9. The molecule has 2 unspecified atom stereocenters. The molecule has 0 radical (unpaired) electrons. The van der Waals surface area contributed by atoms with Gasteiger partial charge in [-0.05, 0) is 26.3 Å². The first-order chi connectivity index (χ1) is 9.18. The summed E-state index contributed by atoms with van der Waals surface area (Å²) in [6.07, 6.45) is -0.0125. The van der Waals surface area contributed by atoms with E-state index >= 15 is 0 Å². The highest BCUT2D eigenvalue weighted by molar-refractivity contribution is 5.88. The van der Waals surface area contributed by atoms with E-state index in [-0.39, 0.29) is 36.6 Å². The monoisotopic (exact) mass is 286 g/mol. The van der Waals surface area contributed by atoms with Crippen LogP contribution in [-0.4, -0.2) is 52.8 Å². The zero-order valence-electron chi connectivity index (χ0n) is 13.0. The van der Waals surface area contributed by atoms with Crippen LogP contribution in [0.4, 0.5) is 0 Å². The summed E-state index contributed by atoms with van der Waals surface area (Å²) in [4.78, 5) is 35.9. The number of carboxylic acid groups (broad SMARTS) is 1. The van der Waals surface area contributed by atoms with Crippen LogP contribution in [0, 0.1) is 5.92 Å². The van der Waals surface area contributed by atoms with Crippen molar-refractivity contribution >= 4 is 17.7 Å². The summed E-state index contributed by atoms with van der Waals surface area (Å²) >= 11 is 0. The highest BCUT2D eigenvalue weighted by atomic mass is 16.4. The van der Waals surface area contributed by atoms with Crippen LogP contribution in [0.3, 0.4) is 0 Å². The van der Waals surface area contributed by atoms with Gasteiger partial charge in [0.05, 0.1) is 19.0 Å². The number of nitrogens with one attached hydrogen (secondary N) is 1. The highest BCUT2D eigenvalue weighted by Crippen LogP contribution is 2.05. The molecule has 0 aliphatic rings. The number of carboxylic acids is 1. The summed E-state index contributed by atoms with van der Waals surface area (Å²) in [5, 5.41) is 11.5. The predicted octanol–water partition coefficient (Wildman–Crippen LogP) is 0.901. The van der Waals surface area contributed by atoms with E-state index in [0.29, 0.717) is 6.54 Å². The molecule has 2 atom stereocenters. The normalized spacial score (nSPS) is 14.2. The second-order valence-corrected chi connectivity index (χ2v) is 5.41. The molecule has 20 heavy (non-hydrogen) atoms. The third kappa shape index (κ3) is 6.65. The first-order valence-corrected chi connectivity index (χ1v) is 6.94. The summed E-state index contributed by atoms with van der Waals surface area (Å²) in [5.41, 5.74) is 0. The molecular weight excluding hydrogens is 260 g/mol. The van der Waals surface area contributed by atoms with E-state index in [1.54, 1.807) is 11.8 Å². The Hall–Kier alpha value is -1.43. The van der Waals surface area contributed by atoms with Crippen LogP contribution >= 0.6 is 0 Å². The van der Waals surface area contributed by atoms with Gasteiger partial charge < -0.3 is 10.4 Å². The van der Waals surface area contributed by atoms with Gasteiger partial charge in [-0.25, -0.2) is 0 Å². The van der Waals surface area contributed by atoms with Crippen LogP contribution in [0.1, 0.15) is 41.0 Å². The molecule has 0 aliphatic carbocycles. The van der Waals surface area contributed by atoms with Crippen LogP contribution in [-0.2, 0) is 14.4 Å². The van der Waals surface area contributed by atoms with E-state index in [1.165, 1.54) is 6.92 Å². The van der Waals surface area contributed by atoms with Crippen molar-refractivity contribution < 1.29 is 19.5 Å². The number of ketones is 1. The van der Waals surface area contributed by atoms with Gasteiger partial charge in [0, 0.05) is 6.04 Å². The molecule has 0 saturated carbocycles. The molecular formula is C14H26N2O4. The van der Waals surface area contributed by atoms with Crippen molar-refractivity contribution in [1.29, 1.82) is 0 Å². The van der Waals surface area contributed by atoms with Crippen molar-refractivity contribution in [2.45, 2.75) is 53.1 Å². The molecule has 6 heteroatoms. The summed E-state index contributed by atoms with van der Waals surface area (Å²) in [6, 6.07) is -0.714. The molecule has 116 valence electrons. The third-order valence-corrected chi connectivity index (χ3v) is 3.27. The Kier molecular flexibility index (Phi) is 8.06. The van der Waals surface area contributed by atoms with Crippen molar-refractivity contribution in [1.82, 2.24) is 10.2 Å². The summed E-state index contributed by atoms with van der Waals surface area (Å²) in [7, 11) is 0. The largest absolute Gasteiger partial charge is 0.481 e. The molecule has 1 amide bonds. The van der Waals surface area contributed by atoms with Gasteiger partial charge in [0.1, 0.15) is 0 Å². The number of hydrogen-bond donors (Lipinski definition) is 2. The minimum atomic E-state index is -0.889. The maximum Gasteiger partial charge on any atom is 0.304 e. The van der Waals surface area contributed by atoms with Crippen molar-refractivity contribution in [3.8, 4) is 0 Å². The van der Waals surface area contributed by atoms with E-state index in [9.17, 15) is 14.4 Å². The van der Waals surface area contributed by atoms with Crippen molar-refractivity contribution in [3.05, 3.63) is 0 Å². The van der Waals surface area contributed by atoms with Crippen LogP contribution in [0.2, 0.25) is 0 Å². The number of carbonyl (C=O) groups excluding carboxylic acids is 2. The molecule has 0 spiro atoms. The SMILES string of the molecule is CCN(CC(=O)NC(C(C)=O)C(C)C)C(C)CC(=O)O. The van der Waals surface area contributed by atoms with E-state index < -0.39 is 12.0 Å². The number of nitrogens with zero attached hydrogens (tertiary/aromatic N) is 1. The van der Waals surface area contributed by atoms with E-state index in [2.05, 4.69) is 5.32 Å². The average molecular weight is 286 g/mol. The Morgan fingerprint density at radius 1 is 1.20 bits per heavy atom. The van der Waals surface area contributed by atoms with Crippen LogP contribution < -0.4 is 5.32 Å². The molecule has 0 fully saturated rings. The zero-order chi connectivity index (χ0) is 15.9. The second-order valence-electron chi connectivity index (χ2n) is 5.41. The summed E-state index contributed by atoms with van der Waals surface area (Å²) < 4.78 is 0. The quantitative estimate of drug-likeness (QED) is 0.657. The van der Waals surface area contributed by atoms with Gasteiger partial charge >= 0.3 is 5.97 Å². The lowest BCUT2D eigenvalue weighted by Crippen LogP contribution is -2.49. The fourth-order valence-electron chi connectivity index (χ4n) is 2.10. The van der Waals surface area contributed by atoms with E-state index in [4.69, 9.17) is 5.11 Å². The Balaban J connectivity index is 4.55. The minimum absolute atomic E-state index is 0.0125. The number of Topliss-reactive ketones (excluding diaryl/α,β-unsaturated/α-hetero) is 1. The summed E-state index contributed by atoms with van der Waals surface area (Å²) in [6.45, 7) is 9.52. The predicted molar refractivity (Wildman–Crippen MR) is 76.4 cm³/mol. The Morgan fingerprint density at radius 2 is 1.75 bits per heavy atom. The van der Waals surface area contributed by atoms with Crippen LogP contribution in [0.15, 0.2) is 0 Å². The van der Waals surface area contributed by atoms with Crippen molar-refractivity contribution in [2.75, 3.05) is 13.1 Å². The highest BCUT2D eigenvalue weighted by Gasteiger charge is 2.23. The lowest BCUT2D eigenvalue weighted by molar-refractivity contribution is -0.139. The molecule has 0 heterocycles. The molecule has 0 aliphatic heterocycles. The van der Waals surface area contributed by atoms with E-state index in [1.807, 2.05) is 20.8 Å². The molecule has 6 nitrogen and oxygen atoms in total. The van der Waals surface area contributed by atoms with E-state index in [0.717, 1.165) is 0 Å². The first kappa shape index (κ1) is 18.6. The standard InChI is InChI=1S/C14H26N2O4/c1-6-16(10(4)7-13(19)20)8-12(18)15-14(9(2)3)11(5)17/h9-10,14H,6-8H2,1-5H3,(H,15,18)(H,19,20). The Labute approximate surface area is 120 Å². The third-order valence-electron chi connectivity index (χ3n) is 3.27. The van der Waals surface area contributed by atoms with Crippen LogP contribution in [0.5, 0.6) is 0 Å². The molecule has 0 aromatic carbocycles. The number of hydrogen-bond acceptors (Lipinski definition) is 4. The Bertz CT molecular complexity index is 355. The van der Waals surface area contributed by atoms with Gasteiger partial charge in [0.25, 0.3) is 0 Å². The number of aliphatic carboxylic acids is 1. The number of likely N-dealkylation sites (N-methyl/N-ethyl adjacent to an activating group) is 1. The molecule has 0 rings (SSSR count). The fraction of sp³-hybridized carbons (Fsp3) is 0.786. The van der Waals surface area contributed by atoms with Crippen molar-refractivity contribution in [3.63, 3.8) is 0 Å². The zero-order valence-corrected chi connectivity index (χ0v) is 13.0. The first-order valence-electron chi connectivity index (χ1n) is 6.94. The molecule has 2 N–H and O–H groups in total. The molecule has 0 bridgehead atoms. The second kappa shape index (κ2) is 8.68. The minimum Gasteiger partial charge on any atom is -0.481 e. The fourth-order valence-corrected chi connectivity index (χ4v) is 2.10. The average Bonchev–Trinajstić information content (AvgIpc) is 2.31. The van der Waals surface area contributed by atoms with Gasteiger partial charge in [-0.2, -0.15) is 0 Å². The van der Waals surface area contributed by atoms with Gasteiger partial charge in [-0.1, -0.05) is 20.8 Å². The lowest BCUT2D eigenvalue weighted by atomic mass is 10.0. The molecule has 0 aromatic heterocycles. The van der Waals surface area contributed by atoms with Crippen molar-refractivity contribution in [2.24, 2.45) is 5.92 Å². The smallest absolute Gasteiger partial charge is 0.304 e.